The molecular formula is C12H17ClFNO2. The third kappa shape index (κ3) is 3.09. The minimum atomic E-state index is -0.678. The lowest BCUT2D eigenvalue weighted by Gasteiger charge is -2.19. The van der Waals surface area contributed by atoms with Gasteiger partial charge >= 0.3 is 0 Å². The van der Waals surface area contributed by atoms with Crippen LogP contribution in [-0.4, -0.2) is 18.3 Å². The molecule has 0 spiro atoms. The maximum atomic E-state index is 13.6. The van der Waals surface area contributed by atoms with Crippen molar-refractivity contribution in [3.63, 3.8) is 0 Å². The fraction of sp³-hybridized carbons (Fsp3) is 0.500. The van der Waals surface area contributed by atoms with E-state index in [1.807, 2.05) is 0 Å². The van der Waals surface area contributed by atoms with Crippen molar-refractivity contribution in [2.24, 2.45) is 11.7 Å². The molecule has 1 aliphatic rings. The fourth-order valence-electron chi connectivity index (χ4n) is 1.82. The minimum Gasteiger partial charge on any atom is -0.497 e. The summed E-state index contributed by atoms with van der Waals surface area (Å²) >= 11 is 0. The number of nitrogens with two attached hydrogens (primary N) is 1. The summed E-state index contributed by atoms with van der Waals surface area (Å²) in [6, 6.07) is 3.72. The average molecular weight is 262 g/mol. The van der Waals surface area contributed by atoms with E-state index in [0.29, 0.717) is 11.3 Å². The first-order valence-electron chi connectivity index (χ1n) is 5.40. The Kier molecular flexibility index (Phi) is 4.74. The van der Waals surface area contributed by atoms with Crippen LogP contribution in [0.15, 0.2) is 18.2 Å². The number of aliphatic hydroxyl groups excluding tert-OH is 1. The molecule has 1 fully saturated rings. The Morgan fingerprint density at radius 3 is 2.65 bits per heavy atom. The van der Waals surface area contributed by atoms with Crippen molar-refractivity contribution in [2.75, 3.05) is 7.11 Å². The first-order valence-corrected chi connectivity index (χ1v) is 5.40. The molecule has 0 heterocycles. The Morgan fingerprint density at radius 2 is 2.12 bits per heavy atom. The molecule has 96 valence electrons. The highest BCUT2D eigenvalue weighted by Crippen LogP contribution is 2.38. The Morgan fingerprint density at radius 1 is 1.47 bits per heavy atom. The number of aliphatic hydroxyl groups is 1. The maximum absolute atomic E-state index is 13.6. The zero-order chi connectivity index (χ0) is 11.7. The molecule has 0 unspecified atom stereocenters. The van der Waals surface area contributed by atoms with Gasteiger partial charge in [0, 0.05) is 5.56 Å². The molecule has 0 aromatic heterocycles. The molecule has 3 N–H and O–H groups in total. The molecule has 17 heavy (non-hydrogen) atoms. The smallest absolute Gasteiger partial charge is 0.128 e. The van der Waals surface area contributed by atoms with Gasteiger partial charge in [-0.1, -0.05) is 0 Å². The standard InChI is InChI=1S/C12H16FNO2.ClH/c1-16-8-4-5-10(13)9(6-8)11(14)12(15)7-2-3-7;/h4-7,11-12,15H,2-3,14H2,1H3;1H/t11-,12+;/m1./s1. The first-order chi connectivity index (χ1) is 7.63. The van der Waals surface area contributed by atoms with Gasteiger partial charge in [0.15, 0.2) is 0 Å². The molecule has 5 heteroatoms. The average Bonchev–Trinajstić information content (AvgIpc) is 3.12. The number of benzene rings is 1. The van der Waals surface area contributed by atoms with Crippen molar-refractivity contribution < 1.29 is 14.2 Å². The quantitative estimate of drug-likeness (QED) is 0.872. The molecule has 1 aliphatic carbocycles. The molecular weight excluding hydrogens is 245 g/mol. The highest BCUT2D eigenvalue weighted by molar-refractivity contribution is 5.85. The predicted octanol–water partition coefficient (Wildman–Crippen LogP) is 2.03. The molecule has 0 radical (unpaired) electrons. The van der Waals surface area contributed by atoms with Crippen molar-refractivity contribution in [1.82, 2.24) is 0 Å². The van der Waals surface area contributed by atoms with E-state index in [9.17, 15) is 9.50 Å². The van der Waals surface area contributed by atoms with Crippen LogP contribution in [0.4, 0.5) is 4.39 Å². The SMILES string of the molecule is COc1ccc(F)c([C@@H](N)[C@@H](O)C2CC2)c1.Cl. The molecule has 1 saturated carbocycles. The van der Waals surface area contributed by atoms with Gasteiger partial charge in [0.2, 0.25) is 0 Å². The summed E-state index contributed by atoms with van der Waals surface area (Å²) in [5, 5.41) is 9.87. The van der Waals surface area contributed by atoms with Crippen molar-refractivity contribution in [3.8, 4) is 5.75 Å². The first kappa shape index (κ1) is 14.2. The van der Waals surface area contributed by atoms with Crippen LogP contribution < -0.4 is 10.5 Å². The molecule has 0 saturated heterocycles. The fourth-order valence-corrected chi connectivity index (χ4v) is 1.82. The number of hydrogen-bond acceptors (Lipinski definition) is 3. The normalized spacial score (nSPS) is 18.1. The molecule has 3 nitrogen and oxygen atoms in total. The zero-order valence-corrected chi connectivity index (χ0v) is 10.4. The van der Waals surface area contributed by atoms with Crippen molar-refractivity contribution in [1.29, 1.82) is 0 Å². The maximum Gasteiger partial charge on any atom is 0.128 e. The Labute approximate surface area is 106 Å². The lowest BCUT2D eigenvalue weighted by atomic mass is 9.98. The second kappa shape index (κ2) is 5.67. The lowest BCUT2D eigenvalue weighted by molar-refractivity contribution is 0.121. The highest BCUT2D eigenvalue weighted by Gasteiger charge is 2.35. The second-order valence-electron chi connectivity index (χ2n) is 4.24. The van der Waals surface area contributed by atoms with E-state index < -0.39 is 18.0 Å². The summed E-state index contributed by atoms with van der Waals surface area (Å²) in [6.45, 7) is 0. The van der Waals surface area contributed by atoms with E-state index in [0.717, 1.165) is 12.8 Å². The summed E-state index contributed by atoms with van der Waals surface area (Å²) in [5.41, 5.74) is 6.18. The molecule has 2 atom stereocenters. The largest absolute Gasteiger partial charge is 0.497 e. The van der Waals surface area contributed by atoms with Crippen LogP contribution in [0, 0.1) is 11.7 Å². The number of methoxy groups -OCH3 is 1. The van der Waals surface area contributed by atoms with Gasteiger partial charge in [-0.15, -0.1) is 12.4 Å². The van der Waals surface area contributed by atoms with Crippen LogP contribution in [0.2, 0.25) is 0 Å². The van der Waals surface area contributed by atoms with Gasteiger partial charge in [0.1, 0.15) is 11.6 Å². The third-order valence-electron chi connectivity index (χ3n) is 3.04. The van der Waals surface area contributed by atoms with Gasteiger partial charge in [-0.3, -0.25) is 0 Å². The van der Waals surface area contributed by atoms with E-state index >= 15 is 0 Å². The van der Waals surface area contributed by atoms with Gasteiger partial charge in [-0.25, -0.2) is 4.39 Å². The van der Waals surface area contributed by atoms with Gasteiger partial charge in [0.05, 0.1) is 19.3 Å². The van der Waals surface area contributed by atoms with E-state index in [1.165, 1.54) is 19.2 Å². The van der Waals surface area contributed by atoms with E-state index in [-0.39, 0.29) is 18.3 Å². The Bertz CT molecular complexity index is 385. The van der Waals surface area contributed by atoms with E-state index in [2.05, 4.69) is 0 Å². The minimum absolute atomic E-state index is 0. The second-order valence-corrected chi connectivity index (χ2v) is 4.24. The third-order valence-corrected chi connectivity index (χ3v) is 3.04. The monoisotopic (exact) mass is 261 g/mol. The summed E-state index contributed by atoms with van der Waals surface area (Å²) in [4.78, 5) is 0. The van der Waals surface area contributed by atoms with Gasteiger partial charge in [0.25, 0.3) is 0 Å². The zero-order valence-electron chi connectivity index (χ0n) is 9.60. The summed E-state index contributed by atoms with van der Waals surface area (Å²) in [6.07, 6.45) is 1.28. The highest BCUT2D eigenvalue weighted by atomic mass is 35.5. The van der Waals surface area contributed by atoms with Crippen molar-refractivity contribution in [3.05, 3.63) is 29.6 Å². The van der Waals surface area contributed by atoms with Crippen LogP contribution >= 0.6 is 12.4 Å². The van der Waals surface area contributed by atoms with Gasteiger partial charge in [-0.05, 0) is 37.0 Å². The van der Waals surface area contributed by atoms with Crippen molar-refractivity contribution in [2.45, 2.75) is 25.0 Å². The molecule has 0 bridgehead atoms. The van der Waals surface area contributed by atoms with Crippen LogP contribution in [0.5, 0.6) is 5.75 Å². The lowest BCUT2D eigenvalue weighted by Crippen LogP contribution is -2.28. The van der Waals surface area contributed by atoms with E-state index in [1.54, 1.807) is 6.07 Å². The topological polar surface area (TPSA) is 55.5 Å². The number of hydrogen-bond donors (Lipinski definition) is 2. The van der Waals surface area contributed by atoms with Crippen LogP contribution in [0.25, 0.3) is 0 Å². The number of halogens is 2. The summed E-state index contributed by atoms with van der Waals surface area (Å²) in [5.74, 6) is 0.378. The molecule has 0 aliphatic heterocycles. The van der Waals surface area contributed by atoms with Gasteiger partial charge in [-0.2, -0.15) is 0 Å². The Balaban J connectivity index is 0.00000144. The van der Waals surface area contributed by atoms with Crippen molar-refractivity contribution >= 4 is 12.4 Å². The molecule has 1 aromatic rings. The van der Waals surface area contributed by atoms with Crippen LogP contribution in [0.1, 0.15) is 24.4 Å². The summed E-state index contributed by atoms with van der Waals surface area (Å²) in [7, 11) is 1.51. The Hall–Kier alpha value is -0.840. The predicted molar refractivity (Wildman–Crippen MR) is 65.9 cm³/mol. The molecule has 0 amide bonds. The van der Waals surface area contributed by atoms with Gasteiger partial charge < -0.3 is 15.6 Å². The number of ether oxygens (including phenoxy) is 1. The van der Waals surface area contributed by atoms with E-state index in [4.69, 9.17) is 10.5 Å². The number of rotatable bonds is 4. The van der Waals surface area contributed by atoms with Crippen LogP contribution in [-0.2, 0) is 0 Å². The van der Waals surface area contributed by atoms with Crippen LogP contribution in [0.3, 0.4) is 0 Å². The molecule has 1 aromatic carbocycles. The molecule has 2 rings (SSSR count). The summed E-state index contributed by atoms with van der Waals surface area (Å²) < 4.78 is 18.6.